The van der Waals surface area contributed by atoms with Crippen molar-refractivity contribution in [3.05, 3.63) is 6.20 Å². The van der Waals surface area contributed by atoms with E-state index in [1.165, 1.54) is 0 Å². The molecule has 0 bridgehead atoms. The Labute approximate surface area is 157 Å². The number of morpholine rings is 2. The quantitative estimate of drug-likeness (QED) is 0.737. The van der Waals surface area contributed by atoms with E-state index in [1.807, 2.05) is 11.9 Å². The third kappa shape index (κ3) is 3.87. The van der Waals surface area contributed by atoms with Gasteiger partial charge in [0.1, 0.15) is 11.0 Å². The second kappa shape index (κ2) is 8.15. The molecule has 4 rings (SSSR count). The molecule has 0 amide bonds. The summed E-state index contributed by atoms with van der Waals surface area (Å²) in [4.78, 5) is 24.9. The molecule has 2 saturated heterocycles. The normalized spacial score (nSPS) is 18.1. The molecule has 4 heterocycles. The van der Waals surface area contributed by atoms with Gasteiger partial charge in [-0.2, -0.15) is 4.98 Å². The van der Waals surface area contributed by atoms with Crippen LogP contribution in [0.3, 0.4) is 0 Å². The van der Waals surface area contributed by atoms with Gasteiger partial charge in [-0.05, 0) is 0 Å². The number of hydrogen-bond acceptors (Lipinski definition) is 10. The zero-order valence-electron chi connectivity index (χ0n) is 15.5. The van der Waals surface area contributed by atoms with Crippen LogP contribution >= 0.6 is 0 Å². The smallest absolute Gasteiger partial charge is 0.228 e. The number of aromatic nitrogens is 4. The van der Waals surface area contributed by atoms with Gasteiger partial charge in [0.2, 0.25) is 11.9 Å². The summed E-state index contributed by atoms with van der Waals surface area (Å²) in [5, 5.41) is 9.38. The molecule has 10 nitrogen and oxygen atoms in total. The number of rotatable bonds is 5. The van der Waals surface area contributed by atoms with E-state index in [0.29, 0.717) is 61.7 Å². The molecule has 0 spiro atoms. The Kier molecular flexibility index (Phi) is 5.46. The van der Waals surface area contributed by atoms with E-state index < -0.39 is 0 Å². The summed E-state index contributed by atoms with van der Waals surface area (Å²) in [6.07, 6.45) is 1.76. The Hall–Kier alpha value is -2.30. The van der Waals surface area contributed by atoms with Gasteiger partial charge in [0.05, 0.1) is 39.2 Å². The third-order valence-electron chi connectivity index (χ3n) is 4.78. The molecule has 27 heavy (non-hydrogen) atoms. The first-order valence-corrected chi connectivity index (χ1v) is 9.28. The molecule has 1 N–H and O–H groups in total. The molecule has 146 valence electrons. The van der Waals surface area contributed by atoms with Crippen LogP contribution in [-0.2, 0) is 9.47 Å². The number of likely N-dealkylation sites (N-methyl/N-ethyl adjacent to an activating group) is 1. The Morgan fingerprint density at radius 2 is 1.59 bits per heavy atom. The summed E-state index contributed by atoms with van der Waals surface area (Å²) in [6.45, 7) is 6.20. The van der Waals surface area contributed by atoms with Gasteiger partial charge in [0.15, 0.2) is 5.82 Å². The maximum absolute atomic E-state index is 9.38. The summed E-state index contributed by atoms with van der Waals surface area (Å²) >= 11 is 0. The zero-order chi connectivity index (χ0) is 18.6. The lowest BCUT2D eigenvalue weighted by Gasteiger charge is -2.29. The molecule has 0 saturated carbocycles. The molecule has 10 heteroatoms. The van der Waals surface area contributed by atoms with Gasteiger partial charge in [-0.1, -0.05) is 0 Å². The molecule has 2 aliphatic heterocycles. The largest absolute Gasteiger partial charge is 0.395 e. The fourth-order valence-corrected chi connectivity index (χ4v) is 3.24. The second-order valence-electron chi connectivity index (χ2n) is 6.60. The lowest BCUT2D eigenvalue weighted by atomic mass is 10.3. The maximum Gasteiger partial charge on any atom is 0.228 e. The van der Waals surface area contributed by atoms with E-state index in [-0.39, 0.29) is 6.61 Å². The van der Waals surface area contributed by atoms with Gasteiger partial charge >= 0.3 is 0 Å². The van der Waals surface area contributed by atoms with Crippen molar-refractivity contribution in [2.45, 2.75) is 0 Å². The van der Waals surface area contributed by atoms with Crippen LogP contribution in [0.4, 0.5) is 17.7 Å². The highest BCUT2D eigenvalue weighted by Crippen LogP contribution is 2.26. The fraction of sp³-hybridized carbons (Fsp3) is 0.647. The molecule has 0 radical (unpaired) electrons. The van der Waals surface area contributed by atoms with Crippen LogP contribution in [0, 0.1) is 0 Å². The van der Waals surface area contributed by atoms with Gasteiger partial charge in [-0.25, -0.2) is 15.0 Å². The molecule has 0 atom stereocenters. The molecule has 2 aliphatic rings. The molecular formula is C17H25N7O3. The second-order valence-corrected chi connectivity index (χ2v) is 6.60. The van der Waals surface area contributed by atoms with E-state index in [9.17, 15) is 5.11 Å². The molecule has 0 unspecified atom stereocenters. The summed E-state index contributed by atoms with van der Waals surface area (Å²) < 4.78 is 10.8. The van der Waals surface area contributed by atoms with Gasteiger partial charge in [-0.3, -0.25) is 0 Å². The van der Waals surface area contributed by atoms with Crippen LogP contribution < -0.4 is 14.7 Å². The molecule has 2 fully saturated rings. The van der Waals surface area contributed by atoms with Crippen molar-refractivity contribution in [3.63, 3.8) is 0 Å². The van der Waals surface area contributed by atoms with E-state index in [4.69, 9.17) is 24.4 Å². The molecular weight excluding hydrogens is 350 g/mol. The van der Waals surface area contributed by atoms with Crippen LogP contribution in [0.5, 0.6) is 0 Å². The Balaban J connectivity index is 1.75. The van der Waals surface area contributed by atoms with Crippen molar-refractivity contribution in [2.24, 2.45) is 0 Å². The lowest BCUT2D eigenvalue weighted by molar-refractivity contribution is 0.122. The number of hydrogen-bond donors (Lipinski definition) is 1. The van der Waals surface area contributed by atoms with E-state index in [1.54, 1.807) is 6.20 Å². The molecule has 0 aromatic carbocycles. The minimum Gasteiger partial charge on any atom is -0.395 e. The van der Waals surface area contributed by atoms with Crippen molar-refractivity contribution in [1.29, 1.82) is 0 Å². The van der Waals surface area contributed by atoms with Gasteiger partial charge in [0.25, 0.3) is 0 Å². The Bertz CT molecular complexity index is 778. The standard InChI is InChI=1S/C17H25N7O3/c1-22(2-7-25)15-14-13(19-17(21-15)24-5-10-27-11-6-24)12-18-16(20-14)23-3-8-26-9-4-23/h12,25H,2-11H2,1H3. The van der Waals surface area contributed by atoms with E-state index in [0.717, 1.165) is 26.2 Å². The highest BCUT2D eigenvalue weighted by atomic mass is 16.5. The number of nitrogens with zero attached hydrogens (tertiary/aromatic N) is 7. The summed E-state index contributed by atoms with van der Waals surface area (Å²) in [7, 11) is 1.90. The summed E-state index contributed by atoms with van der Waals surface area (Å²) in [5.41, 5.74) is 1.39. The van der Waals surface area contributed by atoms with Gasteiger partial charge < -0.3 is 29.3 Å². The number of fused-ring (bicyclic) bond motifs is 1. The highest BCUT2D eigenvalue weighted by molar-refractivity contribution is 5.87. The minimum atomic E-state index is 0.0380. The Morgan fingerprint density at radius 3 is 2.22 bits per heavy atom. The van der Waals surface area contributed by atoms with Gasteiger partial charge in [-0.15, -0.1) is 0 Å². The fourth-order valence-electron chi connectivity index (χ4n) is 3.24. The third-order valence-corrected chi connectivity index (χ3v) is 4.78. The van der Waals surface area contributed by atoms with Crippen LogP contribution in [0.1, 0.15) is 0 Å². The summed E-state index contributed by atoms with van der Waals surface area (Å²) in [5.74, 6) is 2.01. The van der Waals surface area contributed by atoms with Gasteiger partial charge in [0, 0.05) is 39.8 Å². The molecule has 2 aromatic heterocycles. The topological polar surface area (TPSA) is 100.0 Å². The van der Waals surface area contributed by atoms with E-state index in [2.05, 4.69) is 14.8 Å². The zero-order valence-corrected chi connectivity index (χ0v) is 15.5. The van der Waals surface area contributed by atoms with Crippen molar-refractivity contribution >= 4 is 28.7 Å². The van der Waals surface area contributed by atoms with Crippen LogP contribution in [0.25, 0.3) is 11.0 Å². The molecule has 2 aromatic rings. The number of anilines is 3. The van der Waals surface area contributed by atoms with Crippen LogP contribution in [-0.4, -0.2) is 97.8 Å². The monoisotopic (exact) mass is 375 g/mol. The van der Waals surface area contributed by atoms with Crippen LogP contribution in [0.15, 0.2) is 6.20 Å². The number of aliphatic hydroxyl groups excluding tert-OH is 1. The first-order valence-electron chi connectivity index (χ1n) is 9.28. The van der Waals surface area contributed by atoms with Crippen molar-refractivity contribution in [2.75, 3.05) is 87.5 Å². The minimum absolute atomic E-state index is 0.0380. The maximum atomic E-state index is 9.38. The first kappa shape index (κ1) is 18.1. The first-order chi connectivity index (χ1) is 13.3. The number of aliphatic hydroxyl groups is 1. The predicted octanol–water partition coefficient (Wildman–Crippen LogP) is -0.478. The lowest BCUT2D eigenvalue weighted by Crippen LogP contribution is -2.38. The van der Waals surface area contributed by atoms with Crippen LogP contribution in [0.2, 0.25) is 0 Å². The van der Waals surface area contributed by atoms with E-state index >= 15 is 0 Å². The predicted molar refractivity (Wildman–Crippen MR) is 102 cm³/mol. The highest BCUT2D eigenvalue weighted by Gasteiger charge is 2.21. The average molecular weight is 375 g/mol. The summed E-state index contributed by atoms with van der Waals surface area (Å²) in [6, 6.07) is 0. The Morgan fingerprint density at radius 1 is 0.963 bits per heavy atom. The van der Waals surface area contributed by atoms with Crippen molar-refractivity contribution in [3.8, 4) is 0 Å². The average Bonchev–Trinajstić information content (AvgIpc) is 2.74. The van der Waals surface area contributed by atoms with Crippen molar-refractivity contribution in [1.82, 2.24) is 19.9 Å². The SMILES string of the molecule is CN(CCO)c1nc(N2CCOCC2)nc2cnc(N3CCOCC3)nc12. The number of ether oxygens (including phenoxy) is 2. The van der Waals surface area contributed by atoms with Crippen molar-refractivity contribution < 1.29 is 14.6 Å². The molecule has 0 aliphatic carbocycles.